The number of nitrogens with zero attached hydrogens (tertiary/aromatic N) is 1. The summed E-state index contributed by atoms with van der Waals surface area (Å²) in [5, 5.41) is 3.33. The quantitative estimate of drug-likeness (QED) is 0.645. The maximum atomic E-state index is 12.7. The number of ether oxygens (including phenoxy) is 1. The van der Waals surface area contributed by atoms with E-state index in [-0.39, 0.29) is 17.6 Å². The number of esters is 1. The first-order chi connectivity index (χ1) is 13.7. The first-order valence-corrected chi connectivity index (χ1v) is 10.4. The standard InChI is InChI=1S/C20H24N4O3S/c1-27-19(26)17-15(11-10-12-6-3-2-4-7-12)28-20(21-17)22-18(25)16-13-8-5-9-14(13)23-24-16/h2-4,6-7,13-14,16,23-24H,5,8-11H2,1H3,(H,21,22,25). The van der Waals surface area contributed by atoms with E-state index in [1.165, 1.54) is 24.0 Å². The molecule has 2 heterocycles. The van der Waals surface area contributed by atoms with Crippen molar-refractivity contribution in [3.05, 3.63) is 46.5 Å². The normalized spacial score (nSPS) is 23.4. The third-order valence-electron chi connectivity index (χ3n) is 5.49. The minimum atomic E-state index is -0.476. The predicted molar refractivity (Wildman–Crippen MR) is 107 cm³/mol. The third kappa shape index (κ3) is 3.94. The van der Waals surface area contributed by atoms with Gasteiger partial charge >= 0.3 is 5.97 Å². The van der Waals surface area contributed by atoms with Crippen LogP contribution in [0.25, 0.3) is 0 Å². The van der Waals surface area contributed by atoms with E-state index in [0.29, 0.717) is 23.5 Å². The van der Waals surface area contributed by atoms with Gasteiger partial charge in [-0.2, -0.15) is 0 Å². The second kappa shape index (κ2) is 8.38. The lowest BCUT2D eigenvalue weighted by Gasteiger charge is -2.15. The molecular weight excluding hydrogens is 376 g/mol. The molecule has 0 bridgehead atoms. The SMILES string of the molecule is COC(=O)c1nc(NC(=O)C2NNC3CCCC32)sc1CCc1ccccc1. The number of methoxy groups -OCH3 is 1. The molecule has 1 aliphatic carbocycles. The van der Waals surface area contributed by atoms with Crippen LogP contribution in [-0.4, -0.2) is 36.1 Å². The van der Waals surface area contributed by atoms with Gasteiger partial charge in [-0.3, -0.25) is 10.2 Å². The van der Waals surface area contributed by atoms with E-state index >= 15 is 0 Å². The molecule has 3 atom stereocenters. The van der Waals surface area contributed by atoms with Crippen LogP contribution in [0.5, 0.6) is 0 Å². The number of hydrogen-bond donors (Lipinski definition) is 3. The Labute approximate surface area is 167 Å². The summed E-state index contributed by atoms with van der Waals surface area (Å²) in [6.07, 6.45) is 4.72. The van der Waals surface area contributed by atoms with Gasteiger partial charge in [0.15, 0.2) is 10.8 Å². The number of benzene rings is 1. The third-order valence-corrected chi connectivity index (χ3v) is 6.52. The van der Waals surface area contributed by atoms with E-state index in [4.69, 9.17) is 4.74 Å². The molecule has 1 aromatic heterocycles. The molecule has 2 fully saturated rings. The van der Waals surface area contributed by atoms with Crippen molar-refractivity contribution < 1.29 is 14.3 Å². The van der Waals surface area contributed by atoms with Gasteiger partial charge in [0, 0.05) is 16.8 Å². The summed E-state index contributed by atoms with van der Waals surface area (Å²) in [5.41, 5.74) is 7.79. The highest BCUT2D eigenvalue weighted by Crippen LogP contribution is 2.32. The van der Waals surface area contributed by atoms with Crippen molar-refractivity contribution in [2.45, 2.75) is 44.2 Å². The highest BCUT2D eigenvalue weighted by molar-refractivity contribution is 7.16. The minimum absolute atomic E-state index is 0.110. The van der Waals surface area contributed by atoms with Crippen LogP contribution in [0.3, 0.4) is 0 Å². The lowest BCUT2D eigenvalue weighted by molar-refractivity contribution is -0.118. The van der Waals surface area contributed by atoms with Crippen LogP contribution in [-0.2, 0) is 22.4 Å². The first kappa shape index (κ1) is 19.0. The number of anilines is 1. The Morgan fingerprint density at radius 3 is 2.82 bits per heavy atom. The largest absolute Gasteiger partial charge is 0.464 e. The fraction of sp³-hybridized carbons (Fsp3) is 0.450. The molecule has 7 nitrogen and oxygen atoms in total. The lowest BCUT2D eigenvalue weighted by atomic mass is 9.97. The van der Waals surface area contributed by atoms with Crippen molar-refractivity contribution in [1.82, 2.24) is 15.8 Å². The average Bonchev–Trinajstić information content (AvgIpc) is 3.42. The number of amides is 1. The smallest absolute Gasteiger partial charge is 0.357 e. The van der Waals surface area contributed by atoms with Crippen molar-refractivity contribution in [2.75, 3.05) is 12.4 Å². The van der Waals surface area contributed by atoms with Crippen molar-refractivity contribution in [2.24, 2.45) is 5.92 Å². The summed E-state index contributed by atoms with van der Waals surface area (Å²) < 4.78 is 4.87. The second-order valence-electron chi connectivity index (χ2n) is 7.22. The maximum absolute atomic E-state index is 12.7. The van der Waals surface area contributed by atoms with Gasteiger partial charge in [-0.15, -0.1) is 11.3 Å². The molecule has 1 saturated carbocycles. The molecule has 0 spiro atoms. The number of fused-ring (bicyclic) bond motifs is 1. The Balaban J connectivity index is 1.47. The zero-order chi connectivity index (χ0) is 19.5. The van der Waals surface area contributed by atoms with Crippen LogP contribution in [0.1, 0.15) is 40.2 Å². The molecule has 28 heavy (non-hydrogen) atoms. The van der Waals surface area contributed by atoms with Crippen LogP contribution in [0.4, 0.5) is 5.13 Å². The van der Waals surface area contributed by atoms with E-state index in [0.717, 1.165) is 30.6 Å². The molecular formula is C20H24N4O3S. The second-order valence-corrected chi connectivity index (χ2v) is 8.31. The Morgan fingerprint density at radius 1 is 1.21 bits per heavy atom. The lowest BCUT2D eigenvalue weighted by Crippen LogP contribution is -2.42. The number of hydrogen-bond acceptors (Lipinski definition) is 7. The van der Waals surface area contributed by atoms with E-state index < -0.39 is 5.97 Å². The molecule has 3 N–H and O–H groups in total. The van der Waals surface area contributed by atoms with E-state index in [2.05, 4.69) is 33.3 Å². The first-order valence-electron chi connectivity index (χ1n) is 9.59. The van der Waals surface area contributed by atoms with E-state index in [1.807, 2.05) is 18.2 Å². The predicted octanol–water partition coefficient (Wildman–Crippen LogP) is 2.30. The molecule has 2 aliphatic rings. The van der Waals surface area contributed by atoms with Gasteiger partial charge in [0.05, 0.1) is 7.11 Å². The van der Waals surface area contributed by atoms with Crippen molar-refractivity contribution in [1.29, 1.82) is 0 Å². The monoisotopic (exact) mass is 400 g/mol. The highest BCUT2D eigenvalue weighted by Gasteiger charge is 2.42. The van der Waals surface area contributed by atoms with Gasteiger partial charge < -0.3 is 10.1 Å². The Morgan fingerprint density at radius 2 is 2.04 bits per heavy atom. The van der Waals surface area contributed by atoms with Gasteiger partial charge in [-0.05, 0) is 31.2 Å². The number of rotatable bonds is 6. The molecule has 148 valence electrons. The van der Waals surface area contributed by atoms with E-state index in [1.54, 1.807) is 0 Å². The molecule has 2 aromatic rings. The molecule has 8 heteroatoms. The number of carbonyl (C=O) groups is 2. The van der Waals surface area contributed by atoms with Gasteiger partial charge in [0.25, 0.3) is 0 Å². The summed E-state index contributed by atoms with van der Waals surface area (Å²) in [5.74, 6) is -0.282. The molecule has 4 rings (SSSR count). The summed E-state index contributed by atoms with van der Waals surface area (Å²) in [6, 6.07) is 10.2. The number of thiazole rings is 1. The van der Waals surface area contributed by atoms with Crippen molar-refractivity contribution in [3.63, 3.8) is 0 Å². The Hall–Kier alpha value is -2.29. The minimum Gasteiger partial charge on any atom is -0.464 e. The Bertz CT molecular complexity index is 854. The molecule has 1 saturated heterocycles. The summed E-state index contributed by atoms with van der Waals surface area (Å²) in [4.78, 5) is 30.0. The fourth-order valence-electron chi connectivity index (χ4n) is 4.05. The van der Waals surface area contributed by atoms with Crippen LogP contribution < -0.4 is 16.2 Å². The maximum Gasteiger partial charge on any atom is 0.357 e. The van der Waals surface area contributed by atoms with Crippen LogP contribution in [0.2, 0.25) is 0 Å². The zero-order valence-corrected chi connectivity index (χ0v) is 16.6. The van der Waals surface area contributed by atoms with Crippen molar-refractivity contribution >= 4 is 28.3 Å². The van der Waals surface area contributed by atoms with Gasteiger partial charge in [0.2, 0.25) is 5.91 Å². The topological polar surface area (TPSA) is 92.3 Å². The van der Waals surface area contributed by atoms with E-state index in [9.17, 15) is 9.59 Å². The average molecular weight is 401 g/mol. The number of aromatic nitrogens is 1. The molecule has 3 unspecified atom stereocenters. The molecule has 1 aliphatic heterocycles. The fourth-order valence-corrected chi connectivity index (χ4v) is 5.00. The summed E-state index contributed by atoms with van der Waals surface area (Å²) >= 11 is 1.34. The Kier molecular flexibility index (Phi) is 5.70. The van der Waals surface area contributed by atoms with Crippen LogP contribution in [0, 0.1) is 5.92 Å². The summed E-state index contributed by atoms with van der Waals surface area (Å²) in [6.45, 7) is 0. The molecule has 0 radical (unpaired) electrons. The number of carbonyl (C=O) groups excluding carboxylic acids is 2. The summed E-state index contributed by atoms with van der Waals surface area (Å²) in [7, 11) is 1.34. The molecule has 1 amide bonds. The van der Waals surface area contributed by atoms with Crippen LogP contribution >= 0.6 is 11.3 Å². The number of hydrazine groups is 1. The van der Waals surface area contributed by atoms with Gasteiger partial charge in [0.1, 0.15) is 6.04 Å². The zero-order valence-electron chi connectivity index (χ0n) is 15.7. The molecule has 1 aromatic carbocycles. The number of nitrogens with one attached hydrogen (secondary N) is 3. The highest BCUT2D eigenvalue weighted by atomic mass is 32.1. The van der Waals surface area contributed by atoms with Crippen molar-refractivity contribution in [3.8, 4) is 0 Å². The van der Waals surface area contributed by atoms with Gasteiger partial charge in [-0.25, -0.2) is 15.2 Å². The number of aryl methyl sites for hydroxylation is 2. The van der Waals surface area contributed by atoms with Crippen LogP contribution in [0.15, 0.2) is 30.3 Å². The van der Waals surface area contributed by atoms with Gasteiger partial charge in [-0.1, -0.05) is 36.8 Å².